The van der Waals surface area contributed by atoms with Gasteiger partial charge in [-0.25, -0.2) is 18.4 Å². The van der Waals surface area contributed by atoms with E-state index in [0.29, 0.717) is 19.5 Å². The number of hydrogen-bond acceptors (Lipinski definition) is 4. The van der Waals surface area contributed by atoms with Crippen LogP contribution >= 0.6 is 0 Å². The van der Waals surface area contributed by atoms with E-state index in [1.54, 1.807) is 10.5 Å². The van der Waals surface area contributed by atoms with Gasteiger partial charge in [0.2, 0.25) is 10.0 Å². The summed E-state index contributed by atoms with van der Waals surface area (Å²) in [6.07, 6.45) is 5.52. The zero-order valence-corrected chi connectivity index (χ0v) is 10.8. The molecule has 0 spiro atoms. The van der Waals surface area contributed by atoms with Crippen LogP contribution in [0.15, 0.2) is 12.5 Å². The molecule has 5 nitrogen and oxygen atoms in total. The lowest BCUT2D eigenvalue weighted by molar-refractivity contribution is 0.386. The second kappa shape index (κ2) is 5.10. The number of hydrogen-bond donors (Lipinski definition) is 0. The van der Waals surface area contributed by atoms with E-state index in [-0.39, 0.29) is 5.75 Å². The Labute approximate surface area is 102 Å². The second-order valence-electron chi connectivity index (χ2n) is 4.25. The quantitative estimate of drug-likeness (QED) is 0.804. The van der Waals surface area contributed by atoms with Crippen LogP contribution in [0, 0.1) is 0 Å². The van der Waals surface area contributed by atoms with E-state index in [9.17, 15) is 8.42 Å². The molecule has 0 N–H and O–H groups in total. The highest BCUT2D eigenvalue weighted by atomic mass is 32.2. The van der Waals surface area contributed by atoms with Gasteiger partial charge < -0.3 is 0 Å². The van der Waals surface area contributed by atoms with Crippen LogP contribution in [-0.4, -0.2) is 35.0 Å². The summed E-state index contributed by atoms with van der Waals surface area (Å²) in [4.78, 5) is 8.11. The Morgan fingerprint density at radius 1 is 1.47 bits per heavy atom. The number of aromatic nitrogens is 2. The SMILES string of the molecule is CCCCS(=O)(=O)N1CCc2ncncc2C1. The maximum Gasteiger partial charge on any atom is 0.214 e. The molecule has 0 radical (unpaired) electrons. The van der Waals surface area contributed by atoms with Crippen LogP contribution in [0.1, 0.15) is 31.0 Å². The van der Waals surface area contributed by atoms with Gasteiger partial charge in [-0.15, -0.1) is 0 Å². The maximum absolute atomic E-state index is 12.0. The van der Waals surface area contributed by atoms with E-state index in [1.807, 2.05) is 6.92 Å². The van der Waals surface area contributed by atoms with Crippen molar-refractivity contribution in [3.8, 4) is 0 Å². The van der Waals surface area contributed by atoms with Gasteiger partial charge in [0.15, 0.2) is 0 Å². The van der Waals surface area contributed by atoms with Gasteiger partial charge >= 0.3 is 0 Å². The summed E-state index contributed by atoms with van der Waals surface area (Å²) < 4.78 is 25.6. The molecule has 6 heteroatoms. The molecule has 1 aromatic rings. The zero-order chi connectivity index (χ0) is 12.3. The molecule has 0 amide bonds. The van der Waals surface area contributed by atoms with Crippen molar-refractivity contribution in [1.82, 2.24) is 14.3 Å². The van der Waals surface area contributed by atoms with Crippen molar-refractivity contribution in [3.05, 3.63) is 23.8 Å². The van der Waals surface area contributed by atoms with E-state index in [2.05, 4.69) is 9.97 Å². The van der Waals surface area contributed by atoms with Crippen LogP contribution in [0.2, 0.25) is 0 Å². The molecule has 2 rings (SSSR count). The van der Waals surface area contributed by atoms with E-state index < -0.39 is 10.0 Å². The average molecular weight is 255 g/mol. The molecular weight excluding hydrogens is 238 g/mol. The van der Waals surface area contributed by atoms with Crippen molar-refractivity contribution in [3.63, 3.8) is 0 Å². The van der Waals surface area contributed by atoms with E-state index in [0.717, 1.165) is 24.1 Å². The summed E-state index contributed by atoms with van der Waals surface area (Å²) in [5.41, 5.74) is 1.90. The Morgan fingerprint density at radius 3 is 3.06 bits per heavy atom. The number of rotatable bonds is 4. The lowest BCUT2D eigenvalue weighted by atomic mass is 10.1. The number of nitrogens with zero attached hydrogens (tertiary/aromatic N) is 3. The molecule has 1 aromatic heterocycles. The minimum Gasteiger partial charge on any atom is -0.244 e. The largest absolute Gasteiger partial charge is 0.244 e. The van der Waals surface area contributed by atoms with Crippen molar-refractivity contribution in [2.24, 2.45) is 0 Å². The summed E-state index contributed by atoms with van der Waals surface area (Å²) in [6, 6.07) is 0. The van der Waals surface area contributed by atoms with Gasteiger partial charge in [-0.05, 0) is 6.42 Å². The van der Waals surface area contributed by atoms with Crippen molar-refractivity contribution in [2.45, 2.75) is 32.7 Å². The number of sulfonamides is 1. The normalized spacial score (nSPS) is 16.8. The molecule has 2 heterocycles. The molecule has 0 atom stereocenters. The third-order valence-corrected chi connectivity index (χ3v) is 4.88. The van der Waals surface area contributed by atoms with Gasteiger partial charge in [0.1, 0.15) is 6.33 Å². The van der Waals surface area contributed by atoms with Gasteiger partial charge in [0.05, 0.1) is 5.75 Å². The first kappa shape index (κ1) is 12.4. The topological polar surface area (TPSA) is 63.2 Å². The standard InChI is InChI=1S/C11H17N3O2S/c1-2-3-6-17(15,16)14-5-4-11-10(8-14)7-12-9-13-11/h7,9H,2-6,8H2,1H3. The molecule has 0 saturated carbocycles. The van der Waals surface area contributed by atoms with Gasteiger partial charge in [0, 0.05) is 37.0 Å². The monoisotopic (exact) mass is 255 g/mol. The summed E-state index contributed by atoms with van der Waals surface area (Å²) in [6.45, 7) is 2.95. The summed E-state index contributed by atoms with van der Waals surface area (Å²) in [5.74, 6) is 0.243. The van der Waals surface area contributed by atoms with Crippen molar-refractivity contribution in [2.75, 3.05) is 12.3 Å². The molecule has 0 fully saturated rings. The fourth-order valence-electron chi connectivity index (χ4n) is 1.93. The smallest absolute Gasteiger partial charge is 0.214 e. The third kappa shape index (κ3) is 2.81. The fourth-order valence-corrected chi connectivity index (χ4v) is 3.55. The highest BCUT2D eigenvalue weighted by molar-refractivity contribution is 7.89. The number of fused-ring (bicyclic) bond motifs is 1. The minimum atomic E-state index is -3.11. The van der Waals surface area contributed by atoms with Gasteiger partial charge in [0.25, 0.3) is 0 Å². The Balaban J connectivity index is 2.12. The molecular formula is C11H17N3O2S. The van der Waals surface area contributed by atoms with Crippen LogP contribution in [0.25, 0.3) is 0 Å². The average Bonchev–Trinajstić information content (AvgIpc) is 2.36. The molecule has 0 bridgehead atoms. The zero-order valence-electron chi connectivity index (χ0n) is 9.96. The molecule has 0 aromatic carbocycles. The van der Waals surface area contributed by atoms with Gasteiger partial charge in [-0.2, -0.15) is 4.31 Å². The first-order chi connectivity index (χ1) is 8.13. The lowest BCUT2D eigenvalue weighted by Crippen LogP contribution is -2.37. The highest BCUT2D eigenvalue weighted by Gasteiger charge is 2.26. The van der Waals surface area contributed by atoms with Crippen LogP contribution < -0.4 is 0 Å². The van der Waals surface area contributed by atoms with Crippen molar-refractivity contribution in [1.29, 1.82) is 0 Å². The molecule has 0 aliphatic carbocycles. The molecule has 0 saturated heterocycles. The van der Waals surface area contributed by atoms with E-state index in [4.69, 9.17) is 0 Å². The Kier molecular flexibility index (Phi) is 3.73. The van der Waals surface area contributed by atoms with Crippen LogP contribution in [0.5, 0.6) is 0 Å². The Bertz CT molecular complexity index is 487. The fraction of sp³-hybridized carbons (Fsp3) is 0.636. The Morgan fingerprint density at radius 2 is 2.29 bits per heavy atom. The summed E-state index contributed by atoms with van der Waals surface area (Å²) in [7, 11) is -3.11. The van der Waals surface area contributed by atoms with E-state index in [1.165, 1.54) is 6.33 Å². The summed E-state index contributed by atoms with van der Waals surface area (Å²) >= 11 is 0. The van der Waals surface area contributed by atoms with Crippen LogP contribution in [0.4, 0.5) is 0 Å². The highest BCUT2D eigenvalue weighted by Crippen LogP contribution is 2.19. The predicted molar refractivity (Wildman–Crippen MR) is 64.8 cm³/mol. The van der Waals surface area contributed by atoms with Gasteiger partial charge in [-0.1, -0.05) is 13.3 Å². The first-order valence-electron chi connectivity index (χ1n) is 5.89. The molecule has 1 aliphatic heterocycles. The molecule has 1 aliphatic rings. The number of unbranched alkanes of at least 4 members (excludes halogenated alkanes) is 1. The third-order valence-electron chi connectivity index (χ3n) is 2.98. The Hall–Kier alpha value is -1.01. The van der Waals surface area contributed by atoms with Gasteiger partial charge in [-0.3, -0.25) is 0 Å². The lowest BCUT2D eigenvalue weighted by Gasteiger charge is -2.26. The van der Waals surface area contributed by atoms with Crippen molar-refractivity contribution >= 4 is 10.0 Å². The van der Waals surface area contributed by atoms with Crippen molar-refractivity contribution < 1.29 is 8.42 Å². The predicted octanol–water partition coefficient (Wildman–Crippen LogP) is 0.965. The van der Waals surface area contributed by atoms with Crippen LogP contribution in [-0.2, 0) is 23.0 Å². The summed E-state index contributed by atoms with van der Waals surface area (Å²) in [5, 5.41) is 0. The molecule has 17 heavy (non-hydrogen) atoms. The van der Waals surface area contributed by atoms with Crippen LogP contribution in [0.3, 0.4) is 0 Å². The van der Waals surface area contributed by atoms with E-state index >= 15 is 0 Å². The second-order valence-corrected chi connectivity index (χ2v) is 6.34. The molecule has 94 valence electrons. The maximum atomic E-state index is 12.0. The molecule has 0 unspecified atom stereocenters. The minimum absolute atomic E-state index is 0.243. The first-order valence-corrected chi connectivity index (χ1v) is 7.50.